The molecule has 0 aliphatic rings. The van der Waals surface area contributed by atoms with Gasteiger partial charge in [-0.1, -0.05) is 364 Å². The first-order valence-electron chi connectivity index (χ1n) is 34.4. The second-order valence-corrected chi connectivity index (χ2v) is 23.4. The van der Waals surface area contributed by atoms with Crippen molar-refractivity contribution in [2.45, 2.75) is 35.5 Å². The van der Waals surface area contributed by atoms with E-state index in [1.165, 1.54) is 0 Å². The van der Waals surface area contributed by atoms with E-state index in [1.807, 2.05) is 218 Å². The molecule has 16 nitrogen and oxygen atoms in total. The Morgan fingerprint density at radius 2 is 0.255 bits per heavy atom. The van der Waals surface area contributed by atoms with Crippen LogP contribution < -0.4 is 30.6 Å². The quantitative estimate of drug-likeness (QED) is 0.0509. The summed E-state index contributed by atoms with van der Waals surface area (Å²) in [6.07, 6.45) is 0. The molecule has 0 aliphatic carbocycles. The molecule has 0 spiro atoms. The van der Waals surface area contributed by atoms with Crippen LogP contribution in [0.15, 0.2) is 364 Å². The van der Waals surface area contributed by atoms with Gasteiger partial charge in [0.05, 0.1) is 62.2 Å². The zero-order chi connectivity index (χ0) is 77.9. The van der Waals surface area contributed by atoms with Crippen LogP contribution in [0.2, 0.25) is 0 Å². The SMILES string of the molecule is COCCOC.COCCOC.O=C([O-])C(c1ccccc1)c1ccccc1.O=C([O-])C(c1ccccc1)c1ccccc1.O=C([O-])C(c1ccccc1)c1ccccc1.O=C([O-])C(c1ccccc1)c1ccccc1.O=C([O-])C(c1ccccc1)c1ccccc1.O=C([O-])C(c1ccccc1)c1ccccc1.[Y+3].[Y+3]. The number of hydrogen-bond donors (Lipinski definition) is 0. The predicted molar refractivity (Wildman–Crippen MR) is 406 cm³/mol. The average molecular weight is 1630 g/mol. The van der Waals surface area contributed by atoms with Crippen molar-refractivity contribution in [1.82, 2.24) is 0 Å². The van der Waals surface area contributed by atoms with Crippen molar-refractivity contribution in [3.63, 3.8) is 0 Å². The normalized spacial score (nSPS) is 9.98. The molecule has 0 unspecified atom stereocenters. The van der Waals surface area contributed by atoms with Crippen molar-refractivity contribution in [1.29, 1.82) is 0 Å². The summed E-state index contributed by atoms with van der Waals surface area (Å²) in [5.74, 6) is -10.6. The number of methoxy groups -OCH3 is 4. The van der Waals surface area contributed by atoms with Gasteiger partial charge in [0.25, 0.3) is 0 Å². The van der Waals surface area contributed by atoms with Crippen LogP contribution >= 0.6 is 0 Å². The molecule has 0 fully saturated rings. The number of carboxylic acid groups (broad SMARTS) is 6. The van der Waals surface area contributed by atoms with Crippen LogP contribution in [0.1, 0.15) is 102 Å². The van der Waals surface area contributed by atoms with Gasteiger partial charge in [-0.05, 0) is 66.8 Å². The van der Waals surface area contributed by atoms with Gasteiger partial charge in [-0.3, -0.25) is 0 Å². The van der Waals surface area contributed by atoms with Gasteiger partial charge >= 0.3 is 65.4 Å². The molecule has 0 bridgehead atoms. The number of benzene rings is 12. The zero-order valence-electron chi connectivity index (χ0n) is 61.6. The van der Waals surface area contributed by atoms with Gasteiger partial charge in [0.1, 0.15) is 0 Å². The van der Waals surface area contributed by atoms with E-state index in [0.29, 0.717) is 26.4 Å². The number of carbonyl (C=O) groups excluding carboxylic acids is 6. The van der Waals surface area contributed by atoms with E-state index in [9.17, 15) is 59.4 Å². The summed E-state index contributed by atoms with van der Waals surface area (Å²) in [5, 5.41) is 67.1. The van der Waals surface area contributed by atoms with Gasteiger partial charge in [0.2, 0.25) is 0 Å². The van der Waals surface area contributed by atoms with Crippen molar-refractivity contribution >= 4 is 35.8 Å². The van der Waals surface area contributed by atoms with E-state index in [-0.39, 0.29) is 65.4 Å². The maximum atomic E-state index is 11.2. The van der Waals surface area contributed by atoms with Crippen molar-refractivity contribution in [3.8, 4) is 0 Å². The fourth-order valence-corrected chi connectivity index (χ4v) is 10.9. The largest absolute Gasteiger partial charge is 3.00 e. The Morgan fingerprint density at radius 3 is 0.309 bits per heavy atom. The number of aliphatic carboxylic acids is 6. The smallest absolute Gasteiger partial charge is 0.549 e. The third-order valence-corrected chi connectivity index (χ3v) is 16.0. The molecule has 556 valence electrons. The molecule has 18 heteroatoms. The second kappa shape index (κ2) is 55.8. The third kappa shape index (κ3) is 34.0. The first kappa shape index (κ1) is 93.7. The van der Waals surface area contributed by atoms with Gasteiger partial charge < -0.3 is 78.4 Å². The average Bonchev–Trinajstić information content (AvgIpc) is 0.880. The van der Waals surface area contributed by atoms with E-state index < -0.39 is 71.3 Å². The summed E-state index contributed by atoms with van der Waals surface area (Å²) in [4.78, 5) is 67.1. The van der Waals surface area contributed by atoms with Crippen molar-refractivity contribution in [2.75, 3.05) is 54.9 Å². The molecule has 0 heterocycles. The van der Waals surface area contributed by atoms with Gasteiger partial charge in [-0.25, -0.2) is 0 Å². The Kier molecular flexibility index (Phi) is 47.6. The Morgan fingerprint density at radius 1 is 0.182 bits per heavy atom. The van der Waals surface area contributed by atoms with E-state index in [1.54, 1.807) is 174 Å². The Balaban J connectivity index is 0.000000331. The fourth-order valence-electron chi connectivity index (χ4n) is 10.9. The van der Waals surface area contributed by atoms with Crippen molar-refractivity contribution in [3.05, 3.63) is 431 Å². The second-order valence-electron chi connectivity index (χ2n) is 23.4. The topological polar surface area (TPSA) is 278 Å². The number of rotatable bonds is 24. The molecule has 0 radical (unpaired) electrons. The molecule has 0 amide bonds. The summed E-state index contributed by atoms with van der Waals surface area (Å²) in [6.45, 7) is 2.76. The first-order valence-corrected chi connectivity index (χ1v) is 34.4. The molecule has 12 aromatic rings. The van der Waals surface area contributed by atoms with E-state index in [4.69, 9.17) is 0 Å². The van der Waals surface area contributed by atoms with Crippen molar-refractivity contribution in [2.24, 2.45) is 0 Å². The van der Waals surface area contributed by atoms with Crippen LogP contribution in [0.25, 0.3) is 0 Å². The molecule has 0 saturated heterocycles. The van der Waals surface area contributed by atoms with Crippen LogP contribution in [0, 0.1) is 0 Å². The third-order valence-electron chi connectivity index (χ3n) is 16.0. The van der Waals surface area contributed by atoms with Crippen LogP contribution in [-0.4, -0.2) is 90.7 Å². The minimum atomic E-state index is -1.07. The van der Waals surface area contributed by atoms with Gasteiger partial charge in [-0.2, -0.15) is 0 Å². The molecular formula is C92H86O16Y2. The molecule has 12 aromatic carbocycles. The zero-order valence-corrected chi connectivity index (χ0v) is 67.3. The Labute approximate surface area is 694 Å². The standard InChI is InChI=1S/6C14H12O2.2C4H10O2.2Y/c6*15-14(16)13(11-7-3-1-4-8-11)12-9-5-2-6-10-12;2*1-5-3-4-6-2;;/h6*1-10,13H,(H,15,16);2*3-4H2,1-2H3;;/q;;;;;;;;2*+3/p-6. The molecule has 0 aromatic heterocycles. The molecule has 0 N–H and O–H groups in total. The van der Waals surface area contributed by atoms with Crippen LogP contribution in [0.3, 0.4) is 0 Å². The molecular weight excluding hydrogens is 1540 g/mol. The van der Waals surface area contributed by atoms with Gasteiger partial charge in [0, 0.05) is 63.9 Å². The Hall–Kier alpha value is -10.5. The molecule has 0 aliphatic heterocycles. The fraction of sp³-hybridized carbons (Fsp3) is 0.152. The van der Waals surface area contributed by atoms with Gasteiger partial charge in [0.15, 0.2) is 0 Å². The Bertz CT molecular complexity index is 3420. The summed E-state index contributed by atoms with van der Waals surface area (Å²) in [5.41, 5.74) is 8.93. The van der Waals surface area contributed by atoms with Crippen LogP contribution in [-0.2, 0) is 113 Å². The van der Waals surface area contributed by atoms with E-state index >= 15 is 0 Å². The summed E-state index contributed by atoms with van der Waals surface area (Å²) < 4.78 is 18.6. The van der Waals surface area contributed by atoms with Crippen LogP contribution in [0.4, 0.5) is 0 Å². The summed E-state index contributed by atoms with van der Waals surface area (Å²) in [6, 6.07) is 109. The number of hydrogen-bond acceptors (Lipinski definition) is 16. The number of carbonyl (C=O) groups is 6. The molecule has 110 heavy (non-hydrogen) atoms. The number of ether oxygens (including phenoxy) is 4. The van der Waals surface area contributed by atoms with Crippen LogP contribution in [0.5, 0.6) is 0 Å². The maximum absolute atomic E-state index is 11.2. The predicted octanol–water partition coefficient (Wildman–Crippen LogP) is 9.96. The molecule has 0 saturated carbocycles. The number of carboxylic acids is 6. The van der Waals surface area contributed by atoms with E-state index in [2.05, 4.69) is 18.9 Å². The molecule has 0 atom stereocenters. The summed E-state index contributed by atoms with van der Waals surface area (Å²) >= 11 is 0. The first-order chi connectivity index (χ1) is 52.6. The minimum absolute atomic E-state index is 0. The summed E-state index contributed by atoms with van der Waals surface area (Å²) in [7, 11) is 6.61. The van der Waals surface area contributed by atoms with E-state index in [0.717, 1.165) is 66.8 Å². The minimum Gasteiger partial charge on any atom is -0.549 e. The monoisotopic (exact) mass is 1620 g/mol. The van der Waals surface area contributed by atoms with Crippen molar-refractivity contribution < 1.29 is 144 Å². The van der Waals surface area contributed by atoms with Gasteiger partial charge in [-0.15, -0.1) is 0 Å². The molecule has 12 rings (SSSR count). The maximum Gasteiger partial charge on any atom is 3.00 e.